The van der Waals surface area contributed by atoms with Gasteiger partial charge in [-0.3, -0.25) is 0 Å². The molecule has 0 aromatic heterocycles. The summed E-state index contributed by atoms with van der Waals surface area (Å²) in [7, 11) is 4.34. The average molecular weight is 895 g/mol. The normalized spacial score (nSPS) is 12.9. The summed E-state index contributed by atoms with van der Waals surface area (Å²) in [5.41, 5.74) is 18.7. The van der Waals surface area contributed by atoms with Crippen LogP contribution in [0.1, 0.15) is 0 Å². The van der Waals surface area contributed by atoms with Gasteiger partial charge in [0.25, 0.3) is 0 Å². The molecule has 0 spiro atoms. The zero-order chi connectivity index (χ0) is 46.5. The third-order valence-corrected chi connectivity index (χ3v) is 14.8. The quantitative estimate of drug-likeness (QED) is 0.160. The van der Waals surface area contributed by atoms with E-state index in [1.54, 1.807) is 0 Å². The van der Waals surface area contributed by atoms with Crippen molar-refractivity contribution in [2.24, 2.45) is 0 Å². The SMILES string of the molecule is CN1c2ccccc2N(c2ccc3c(-c4ccc5ccccc5c4)c4cc(N5c6ccccc6N(C)c6ccccc65)ccc4c(-c4cccc(-c5cccc6ccccc56)c4)c3c2)c2ccccc21. The standard InChI is InChI=1S/C66H46N4/c1-67-57-25-7-11-29-61(57)69(62-30-12-8-26-58(62)67)49-36-38-54-55(41-49)65(47-22-15-21-46(40-47)52-24-16-20-44-18-5-6-23-51(44)52)53-37-35-50(42-56(53)66(54)48-34-33-43-17-3-4-19-45(43)39-48)70-63-31-13-9-27-59(63)68(2)60-28-10-14-32-64(60)70/h3-42H,1-2H3. The van der Waals surface area contributed by atoms with Crippen molar-refractivity contribution in [3.63, 3.8) is 0 Å². The van der Waals surface area contributed by atoms with Crippen LogP contribution in [0.5, 0.6) is 0 Å². The van der Waals surface area contributed by atoms with Gasteiger partial charge in [0.05, 0.1) is 45.5 Å². The van der Waals surface area contributed by atoms with Gasteiger partial charge in [0, 0.05) is 25.5 Å². The lowest BCUT2D eigenvalue weighted by Gasteiger charge is -2.39. The molecule has 14 rings (SSSR count). The maximum atomic E-state index is 2.46. The van der Waals surface area contributed by atoms with Crippen LogP contribution in [-0.4, -0.2) is 14.1 Å². The lowest BCUT2D eigenvalue weighted by atomic mass is 9.84. The van der Waals surface area contributed by atoms with Gasteiger partial charge in [0.2, 0.25) is 0 Å². The highest BCUT2D eigenvalue weighted by atomic mass is 15.3. The number of anilines is 10. The highest BCUT2D eigenvalue weighted by Gasteiger charge is 2.30. The van der Waals surface area contributed by atoms with Crippen LogP contribution < -0.4 is 19.6 Å². The molecule has 0 amide bonds. The van der Waals surface area contributed by atoms with Gasteiger partial charge < -0.3 is 19.6 Å². The summed E-state index contributed by atoms with van der Waals surface area (Å²) in [4.78, 5) is 9.52. The average Bonchev–Trinajstić information content (AvgIpc) is 3.42. The summed E-state index contributed by atoms with van der Waals surface area (Å²) >= 11 is 0. The smallest absolute Gasteiger partial charge is 0.0699 e. The maximum absolute atomic E-state index is 2.46. The molecule has 0 saturated heterocycles. The Morgan fingerprint density at radius 3 is 1.20 bits per heavy atom. The van der Waals surface area contributed by atoms with Crippen LogP contribution in [0.4, 0.5) is 56.9 Å². The molecular formula is C66H46N4. The molecule has 12 aromatic carbocycles. The molecule has 12 aromatic rings. The molecular weight excluding hydrogens is 849 g/mol. The van der Waals surface area contributed by atoms with E-state index in [1.165, 1.54) is 99.2 Å². The second kappa shape index (κ2) is 15.7. The Labute approximate surface area is 407 Å². The fraction of sp³-hybridized carbons (Fsp3) is 0.0303. The second-order valence-corrected chi connectivity index (χ2v) is 18.6. The van der Waals surface area contributed by atoms with E-state index in [4.69, 9.17) is 0 Å². The molecule has 2 aliphatic rings. The Balaban J connectivity index is 1.10. The van der Waals surface area contributed by atoms with Crippen molar-refractivity contribution in [1.82, 2.24) is 0 Å². The van der Waals surface area contributed by atoms with Gasteiger partial charge in [-0.15, -0.1) is 0 Å². The molecule has 4 nitrogen and oxygen atoms in total. The first-order valence-electron chi connectivity index (χ1n) is 24.1. The number of nitrogens with zero attached hydrogens (tertiary/aromatic N) is 4. The lowest BCUT2D eigenvalue weighted by molar-refractivity contribution is 1.13. The van der Waals surface area contributed by atoms with Gasteiger partial charge in [0.1, 0.15) is 0 Å². The van der Waals surface area contributed by atoms with E-state index in [2.05, 4.69) is 276 Å². The zero-order valence-corrected chi connectivity index (χ0v) is 38.9. The van der Waals surface area contributed by atoms with E-state index in [-0.39, 0.29) is 0 Å². The van der Waals surface area contributed by atoms with Crippen LogP contribution in [0.15, 0.2) is 243 Å². The summed E-state index contributed by atoms with van der Waals surface area (Å²) in [6.45, 7) is 0. The number of hydrogen-bond acceptors (Lipinski definition) is 4. The van der Waals surface area contributed by atoms with Crippen molar-refractivity contribution in [3.8, 4) is 33.4 Å². The fourth-order valence-electron chi connectivity index (χ4n) is 11.6. The topological polar surface area (TPSA) is 13.0 Å². The van der Waals surface area contributed by atoms with Crippen molar-refractivity contribution in [1.29, 1.82) is 0 Å². The van der Waals surface area contributed by atoms with Crippen LogP contribution >= 0.6 is 0 Å². The van der Waals surface area contributed by atoms with E-state index >= 15 is 0 Å². The zero-order valence-electron chi connectivity index (χ0n) is 38.9. The van der Waals surface area contributed by atoms with Gasteiger partial charge in [-0.25, -0.2) is 0 Å². The minimum absolute atomic E-state index is 1.11. The second-order valence-electron chi connectivity index (χ2n) is 18.6. The van der Waals surface area contributed by atoms with E-state index in [0.717, 1.165) is 34.1 Å². The fourth-order valence-corrected chi connectivity index (χ4v) is 11.6. The molecule has 4 heteroatoms. The maximum Gasteiger partial charge on any atom is 0.0699 e. The van der Waals surface area contributed by atoms with Crippen LogP contribution in [0, 0.1) is 0 Å². The van der Waals surface area contributed by atoms with Crippen LogP contribution in [-0.2, 0) is 0 Å². The van der Waals surface area contributed by atoms with Crippen molar-refractivity contribution in [3.05, 3.63) is 243 Å². The van der Waals surface area contributed by atoms with Crippen LogP contribution in [0.2, 0.25) is 0 Å². The summed E-state index contributed by atoms with van der Waals surface area (Å²) in [5.74, 6) is 0. The molecule has 2 heterocycles. The summed E-state index contributed by atoms with van der Waals surface area (Å²) < 4.78 is 0. The molecule has 0 N–H and O–H groups in total. The predicted molar refractivity (Wildman–Crippen MR) is 298 cm³/mol. The Kier molecular flexibility index (Phi) is 8.99. The predicted octanol–water partition coefficient (Wildman–Crippen LogP) is 18.4. The van der Waals surface area contributed by atoms with Gasteiger partial charge >= 0.3 is 0 Å². The van der Waals surface area contributed by atoms with E-state index in [1.807, 2.05) is 0 Å². The number of fused-ring (bicyclic) bond motifs is 8. The van der Waals surface area contributed by atoms with E-state index < -0.39 is 0 Å². The largest absolute Gasteiger partial charge is 0.341 e. The number of para-hydroxylation sites is 8. The van der Waals surface area contributed by atoms with E-state index in [9.17, 15) is 0 Å². The molecule has 0 atom stereocenters. The van der Waals surface area contributed by atoms with Crippen molar-refractivity contribution in [2.45, 2.75) is 0 Å². The van der Waals surface area contributed by atoms with Crippen LogP contribution in [0.25, 0.3) is 76.5 Å². The minimum Gasteiger partial charge on any atom is -0.341 e. The third-order valence-electron chi connectivity index (χ3n) is 14.8. The molecule has 0 aliphatic carbocycles. The molecule has 2 aliphatic heterocycles. The molecule has 70 heavy (non-hydrogen) atoms. The van der Waals surface area contributed by atoms with Crippen molar-refractivity contribution >= 4 is 100.0 Å². The molecule has 0 fully saturated rings. The van der Waals surface area contributed by atoms with Crippen molar-refractivity contribution in [2.75, 3.05) is 33.7 Å². The monoisotopic (exact) mass is 894 g/mol. The molecule has 330 valence electrons. The first kappa shape index (κ1) is 40.0. The van der Waals surface area contributed by atoms with Crippen molar-refractivity contribution < 1.29 is 0 Å². The summed E-state index contributed by atoms with van der Waals surface area (Å²) in [6.07, 6.45) is 0. The third kappa shape index (κ3) is 6.10. The number of rotatable bonds is 5. The van der Waals surface area contributed by atoms with Crippen LogP contribution in [0.3, 0.4) is 0 Å². The highest BCUT2D eigenvalue weighted by molar-refractivity contribution is 6.23. The first-order valence-corrected chi connectivity index (χ1v) is 24.1. The number of hydrogen-bond donors (Lipinski definition) is 0. The summed E-state index contributed by atoms with van der Waals surface area (Å²) in [6, 6.07) is 89.8. The van der Waals surface area contributed by atoms with E-state index in [0.29, 0.717) is 0 Å². The Hall–Kier alpha value is -9.12. The van der Waals surface area contributed by atoms with Gasteiger partial charge in [-0.2, -0.15) is 0 Å². The Morgan fingerprint density at radius 1 is 0.243 bits per heavy atom. The van der Waals surface area contributed by atoms with Gasteiger partial charge in [-0.1, -0.05) is 158 Å². The molecule has 0 unspecified atom stereocenters. The number of benzene rings is 12. The summed E-state index contributed by atoms with van der Waals surface area (Å²) in [5, 5.41) is 9.71. The molecule has 0 radical (unpaired) electrons. The molecule has 0 saturated carbocycles. The molecule has 0 bridgehead atoms. The van der Waals surface area contributed by atoms with Gasteiger partial charge in [0.15, 0.2) is 0 Å². The first-order chi connectivity index (χ1) is 34.6. The van der Waals surface area contributed by atoms with Gasteiger partial charge in [-0.05, 0) is 161 Å². The minimum atomic E-state index is 1.11. The highest BCUT2D eigenvalue weighted by Crippen LogP contribution is 2.55. The Bertz CT molecular complexity index is 4000. The Morgan fingerprint density at radius 2 is 0.657 bits per heavy atom. The lowest BCUT2D eigenvalue weighted by Crippen LogP contribution is -2.24.